The van der Waals surface area contributed by atoms with Crippen molar-refractivity contribution < 1.29 is 9.59 Å². The Morgan fingerprint density at radius 3 is 2.71 bits per heavy atom. The molecule has 1 aliphatic rings. The predicted molar refractivity (Wildman–Crippen MR) is 137 cm³/mol. The van der Waals surface area contributed by atoms with Gasteiger partial charge >= 0.3 is 0 Å². The van der Waals surface area contributed by atoms with Crippen LogP contribution in [0.25, 0.3) is 11.3 Å². The monoisotopic (exact) mass is 504 g/mol. The molecular weight excluding hydrogens is 484 g/mol. The van der Waals surface area contributed by atoms with Gasteiger partial charge in [-0.3, -0.25) is 9.59 Å². The first kappa shape index (κ1) is 22.9. The van der Waals surface area contributed by atoms with Crippen LogP contribution in [0.15, 0.2) is 54.0 Å². The number of amides is 2. The summed E-state index contributed by atoms with van der Waals surface area (Å²) in [4.78, 5) is 38.4. The fourth-order valence-corrected chi connectivity index (χ4v) is 4.75. The maximum absolute atomic E-state index is 12.6. The third-order valence-electron chi connectivity index (χ3n) is 5.48. The predicted octanol–water partition coefficient (Wildman–Crippen LogP) is 5.29. The third-order valence-corrected chi connectivity index (χ3v) is 6.86. The molecule has 35 heavy (non-hydrogen) atoms. The van der Waals surface area contributed by atoms with E-state index in [1.807, 2.05) is 25.3 Å². The lowest BCUT2D eigenvalue weighted by Gasteiger charge is -2.12. The average Bonchev–Trinajstić information content (AvgIpc) is 3.21. The second-order valence-corrected chi connectivity index (χ2v) is 9.53. The van der Waals surface area contributed by atoms with Crippen LogP contribution in [-0.2, 0) is 11.2 Å². The van der Waals surface area contributed by atoms with E-state index >= 15 is 0 Å². The van der Waals surface area contributed by atoms with Crippen molar-refractivity contribution in [3.8, 4) is 11.3 Å². The molecule has 2 amide bonds. The van der Waals surface area contributed by atoms with Gasteiger partial charge in [-0.2, -0.15) is 0 Å². The van der Waals surface area contributed by atoms with Crippen LogP contribution >= 0.6 is 22.9 Å². The highest BCUT2D eigenvalue weighted by Gasteiger charge is 2.21. The molecule has 3 N–H and O–H groups in total. The lowest BCUT2D eigenvalue weighted by molar-refractivity contribution is -0.115. The maximum atomic E-state index is 12.6. The minimum Gasteiger partial charge on any atom is -0.343 e. The first-order chi connectivity index (χ1) is 16.9. The Hall–Kier alpha value is -3.82. The lowest BCUT2D eigenvalue weighted by Crippen LogP contribution is -2.26. The van der Waals surface area contributed by atoms with Gasteiger partial charge in [0.05, 0.1) is 23.8 Å². The molecule has 10 heteroatoms. The van der Waals surface area contributed by atoms with Gasteiger partial charge in [0.2, 0.25) is 11.9 Å². The molecule has 0 spiro atoms. The summed E-state index contributed by atoms with van der Waals surface area (Å²) >= 11 is 7.64. The number of nitrogens with zero attached hydrogens (tertiary/aromatic N) is 3. The number of anilines is 3. The molecule has 0 radical (unpaired) electrons. The third kappa shape index (κ3) is 5.01. The van der Waals surface area contributed by atoms with E-state index in [4.69, 9.17) is 11.6 Å². The van der Waals surface area contributed by atoms with Crippen molar-refractivity contribution in [3.05, 3.63) is 80.9 Å². The molecule has 0 aliphatic carbocycles. The molecule has 4 aromatic rings. The standard InChI is InChI=1S/C25H21ClN6O2S/c1-13-12-35-24(28-13)14(2)29-23(34)15-3-6-18(7-4-15)30-25-27-11-16-9-21(33)31-20-10-17(26)5-8-19(20)22(16)32-25/h3-8,10-12,14H,9H2,1-2H3,(H,29,34)(H,31,33)(H,27,30,32). The number of aromatic nitrogens is 3. The van der Waals surface area contributed by atoms with Crippen molar-refractivity contribution in [2.75, 3.05) is 10.6 Å². The number of nitrogens with one attached hydrogen (secondary N) is 3. The summed E-state index contributed by atoms with van der Waals surface area (Å²) in [7, 11) is 0. The highest BCUT2D eigenvalue weighted by Crippen LogP contribution is 2.34. The zero-order valence-corrected chi connectivity index (χ0v) is 20.5. The van der Waals surface area contributed by atoms with E-state index in [9.17, 15) is 9.59 Å². The van der Waals surface area contributed by atoms with Crippen molar-refractivity contribution in [2.45, 2.75) is 26.3 Å². The number of aryl methyl sites for hydroxylation is 1. The molecule has 0 bridgehead atoms. The molecule has 5 rings (SSSR count). The van der Waals surface area contributed by atoms with Gasteiger partial charge in [-0.1, -0.05) is 11.6 Å². The van der Waals surface area contributed by atoms with E-state index in [-0.39, 0.29) is 24.3 Å². The second kappa shape index (κ2) is 9.44. The number of carbonyl (C=O) groups is 2. The largest absolute Gasteiger partial charge is 0.343 e. The fourth-order valence-electron chi connectivity index (χ4n) is 3.77. The minimum atomic E-state index is -0.175. The fraction of sp³-hybridized carbons (Fsp3) is 0.160. The molecule has 0 saturated carbocycles. The highest BCUT2D eigenvalue weighted by atomic mass is 35.5. The number of hydrogen-bond acceptors (Lipinski definition) is 7. The number of hydrogen-bond donors (Lipinski definition) is 3. The van der Waals surface area contributed by atoms with Crippen LogP contribution in [0.4, 0.5) is 17.3 Å². The summed E-state index contributed by atoms with van der Waals surface area (Å²) < 4.78 is 0. The van der Waals surface area contributed by atoms with E-state index < -0.39 is 0 Å². The Labute approximate surface area is 210 Å². The summed E-state index contributed by atoms with van der Waals surface area (Å²) in [6, 6.07) is 12.2. The molecule has 0 fully saturated rings. The Bertz CT molecular complexity index is 1440. The van der Waals surface area contributed by atoms with E-state index in [0.29, 0.717) is 27.9 Å². The second-order valence-electron chi connectivity index (χ2n) is 8.21. The van der Waals surface area contributed by atoms with Crippen LogP contribution < -0.4 is 16.0 Å². The quantitative estimate of drug-likeness (QED) is 0.340. The van der Waals surface area contributed by atoms with Gasteiger partial charge in [-0.05, 0) is 56.3 Å². The van der Waals surface area contributed by atoms with E-state index in [2.05, 4.69) is 30.9 Å². The van der Waals surface area contributed by atoms with Gasteiger partial charge in [0.15, 0.2) is 0 Å². The van der Waals surface area contributed by atoms with Crippen molar-refractivity contribution in [1.29, 1.82) is 0 Å². The Kier molecular flexibility index (Phi) is 6.19. The van der Waals surface area contributed by atoms with Crippen LogP contribution in [0.5, 0.6) is 0 Å². The van der Waals surface area contributed by atoms with Crippen LogP contribution in [-0.4, -0.2) is 26.8 Å². The van der Waals surface area contributed by atoms with Crippen LogP contribution in [0.3, 0.4) is 0 Å². The summed E-state index contributed by atoms with van der Waals surface area (Å²) in [5.41, 5.74) is 4.98. The first-order valence-electron chi connectivity index (χ1n) is 10.9. The summed E-state index contributed by atoms with van der Waals surface area (Å²) in [5, 5.41) is 12.4. The summed E-state index contributed by atoms with van der Waals surface area (Å²) in [6.07, 6.45) is 1.82. The Morgan fingerprint density at radius 2 is 1.97 bits per heavy atom. The topological polar surface area (TPSA) is 109 Å². The number of halogens is 1. The van der Waals surface area contributed by atoms with Crippen molar-refractivity contribution in [1.82, 2.24) is 20.3 Å². The normalized spacial score (nSPS) is 13.2. The van der Waals surface area contributed by atoms with Gasteiger partial charge in [-0.15, -0.1) is 11.3 Å². The molecule has 1 aliphatic heterocycles. The SMILES string of the molecule is Cc1csc(C(C)NC(=O)c2ccc(Nc3ncc4c(n3)-c3ccc(Cl)cc3NC(=O)C4)cc2)n1. The minimum absolute atomic E-state index is 0.148. The van der Waals surface area contributed by atoms with E-state index in [1.54, 1.807) is 42.6 Å². The Morgan fingerprint density at radius 1 is 1.17 bits per heavy atom. The summed E-state index contributed by atoms with van der Waals surface area (Å²) in [6.45, 7) is 3.84. The highest BCUT2D eigenvalue weighted by molar-refractivity contribution is 7.09. The van der Waals surface area contributed by atoms with E-state index in [0.717, 1.165) is 27.5 Å². The lowest BCUT2D eigenvalue weighted by atomic mass is 10.1. The van der Waals surface area contributed by atoms with Crippen molar-refractivity contribution in [2.24, 2.45) is 0 Å². The van der Waals surface area contributed by atoms with Crippen LogP contribution in [0.2, 0.25) is 5.02 Å². The molecule has 8 nitrogen and oxygen atoms in total. The number of carbonyl (C=O) groups excluding carboxylic acids is 2. The van der Waals surface area contributed by atoms with Crippen LogP contribution in [0, 0.1) is 6.92 Å². The number of thiazole rings is 1. The molecule has 1 unspecified atom stereocenters. The Balaban J connectivity index is 1.33. The number of fused-ring (bicyclic) bond motifs is 3. The van der Waals surface area contributed by atoms with Crippen LogP contribution in [0.1, 0.15) is 39.6 Å². The molecule has 176 valence electrons. The van der Waals surface area contributed by atoms with Gasteiger partial charge in [0.25, 0.3) is 5.91 Å². The molecule has 2 aromatic carbocycles. The molecule has 2 aromatic heterocycles. The first-order valence-corrected chi connectivity index (χ1v) is 12.2. The molecule has 0 saturated heterocycles. The van der Waals surface area contributed by atoms with Gasteiger partial charge in [-0.25, -0.2) is 15.0 Å². The summed E-state index contributed by atoms with van der Waals surface area (Å²) in [5.74, 6) is 0.0549. The van der Waals surface area contributed by atoms with Gasteiger partial charge < -0.3 is 16.0 Å². The zero-order chi connectivity index (χ0) is 24.5. The van der Waals surface area contributed by atoms with Gasteiger partial charge in [0, 0.05) is 44.7 Å². The van der Waals surface area contributed by atoms with Crippen molar-refractivity contribution in [3.63, 3.8) is 0 Å². The number of benzene rings is 2. The van der Waals surface area contributed by atoms with Crippen molar-refractivity contribution >= 4 is 52.1 Å². The number of rotatable bonds is 5. The smallest absolute Gasteiger partial charge is 0.251 e. The zero-order valence-electron chi connectivity index (χ0n) is 18.9. The molecule has 1 atom stereocenters. The molecule has 3 heterocycles. The van der Waals surface area contributed by atoms with E-state index in [1.165, 1.54) is 11.3 Å². The van der Waals surface area contributed by atoms with Gasteiger partial charge in [0.1, 0.15) is 5.01 Å². The maximum Gasteiger partial charge on any atom is 0.251 e. The average molecular weight is 505 g/mol. The molecular formula is C25H21ClN6O2S.